The molecule has 0 fully saturated rings. The molecule has 0 saturated carbocycles. The summed E-state index contributed by atoms with van der Waals surface area (Å²) in [6.07, 6.45) is 0. The molecule has 212 valence electrons. The minimum atomic E-state index is -0.517. The summed E-state index contributed by atoms with van der Waals surface area (Å²) in [6, 6.07) is 51.9. The number of nitrogens with zero attached hydrogens (tertiary/aromatic N) is 1. The maximum absolute atomic E-state index is 9.87. The molecule has 0 aliphatic rings. The van der Waals surface area contributed by atoms with Crippen molar-refractivity contribution in [3.05, 3.63) is 169 Å². The van der Waals surface area contributed by atoms with Crippen molar-refractivity contribution in [2.24, 2.45) is 0 Å². The Balaban J connectivity index is 1.27. The summed E-state index contributed by atoms with van der Waals surface area (Å²) >= 11 is 0. The van der Waals surface area contributed by atoms with Gasteiger partial charge in [0.25, 0.3) is 0 Å². The quantitative estimate of drug-likeness (QED) is 0.184. The van der Waals surface area contributed by atoms with Gasteiger partial charge in [0.15, 0.2) is 0 Å². The molecule has 6 aromatic carbocycles. The minimum Gasteiger partial charge on any atom is -0.508 e. The van der Waals surface area contributed by atoms with Gasteiger partial charge in [0.05, 0.1) is 5.41 Å². The summed E-state index contributed by atoms with van der Waals surface area (Å²) < 4.78 is 6.41. The number of hydrogen-bond donors (Lipinski definition) is 2. The third kappa shape index (κ3) is 6.09. The van der Waals surface area contributed by atoms with Gasteiger partial charge in [-0.3, -0.25) is 0 Å². The fourth-order valence-electron chi connectivity index (χ4n) is 5.37. The zero-order chi connectivity index (χ0) is 29.6. The van der Waals surface area contributed by atoms with E-state index in [0.717, 1.165) is 33.9 Å². The van der Waals surface area contributed by atoms with E-state index >= 15 is 0 Å². The molecule has 0 spiro atoms. The van der Waals surface area contributed by atoms with E-state index in [1.54, 1.807) is 24.3 Å². The summed E-state index contributed by atoms with van der Waals surface area (Å²) in [6.45, 7) is 2.47. The molecule has 0 unspecified atom stereocenters. The largest absolute Gasteiger partial charge is 0.508 e. The Bertz CT molecular complexity index is 1700. The second-order valence-corrected chi connectivity index (χ2v) is 10.8. The molecule has 6 rings (SSSR count). The molecule has 0 heterocycles. The SMILES string of the molecule is CC(COc1ccc(N(c2ccccc2)c2ccc(-c3ccccc3)cc2)cc1)(c1ccc(O)cc1)c1ccc(O)cc1. The van der Waals surface area contributed by atoms with Crippen LogP contribution in [0.1, 0.15) is 18.1 Å². The molecule has 0 bridgehead atoms. The molecular weight excluding hydrogens is 530 g/mol. The normalized spacial score (nSPS) is 11.2. The van der Waals surface area contributed by atoms with Crippen LogP contribution in [0.4, 0.5) is 17.1 Å². The zero-order valence-electron chi connectivity index (χ0n) is 24.0. The van der Waals surface area contributed by atoms with Crippen LogP contribution >= 0.6 is 0 Å². The molecule has 4 heteroatoms. The third-order valence-corrected chi connectivity index (χ3v) is 7.88. The third-order valence-electron chi connectivity index (χ3n) is 7.88. The van der Waals surface area contributed by atoms with Crippen LogP contribution in [-0.2, 0) is 5.41 Å². The first-order valence-electron chi connectivity index (χ1n) is 14.3. The highest BCUT2D eigenvalue weighted by atomic mass is 16.5. The lowest BCUT2D eigenvalue weighted by Crippen LogP contribution is -2.31. The Kier molecular flexibility index (Phi) is 7.84. The van der Waals surface area contributed by atoms with Gasteiger partial charge in [-0.25, -0.2) is 0 Å². The molecule has 4 nitrogen and oxygen atoms in total. The molecule has 0 aromatic heterocycles. The van der Waals surface area contributed by atoms with E-state index in [0.29, 0.717) is 6.61 Å². The highest BCUT2D eigenvalue weighted by molar-refractivity contribution is 5.78. The molecule has 0 saturated heterocycles. The van der Waals surface area contributed by atoms with Gasteiger partial charge in [0, 0.05) is 17.1 Å². The van der Waals surface area contributed by atoms with Gasteiger partial charge in [-0.2, -0.15) is 0 Å². The Labute approximate surface area is 252 Å². The molecule has 0 amide bonds. The summed E-state index contributed by atoms with van der Waals surface area (Å²) in [7, 11) is 0. The van der Waals surface area contributed by atoms with E-state index in [1.807, 2.05) is 60.7 Å². The van der Waals surface area contributed by atoms with E-state index in [4.69, 9.17) is 4.74 Å². The molecule has 0 atom stereocenters. The van der Waals surface area contributed by atoms with Crippen LogP contribution in [0.2, 0.25) is 0 Å². The van der Waals surface area contributed by atoms with Gasteiger partial charge in [-0.05, 0) is 102 Å². The fourth-order valence-corrected chi connectivity index (χ4v) is 5.37. The highest BCUT2D eigenvalue weighted by Gasteiger charge is 2.30. The van der Waals surface area contributed by atoms with E-state index < -0.39 is 5.41 Å². The summed E-state index contributed by atoms with van der Waals surface area (Å²) in [5.41, 5.74) is 6.99. The smallest absolute Gasteiger partial charge is 0.119 e. The van der Waals surface area contributed by atoms with Crippen LogP contribution in [0.3, 0.4) is 0 Å². The van der Waals surface area contributed by atoms with Crippen LogP contribution in [0.25, 0.3) is 11.1 Å². The Morgan fingerprint density at radius 2 is 0.907 bits per heavy atom. The van der Waals surface area contributed by atoms with Gasteiger partial charge in [0.2, 0.25) is 0 Å². The Hall–Kier alpha value is -5.48. The molecular formula is C39H33NO3. The lowest BCUT2D eigenvalue weighted by Gasteiger charge is -2.31. The number of phenolic OH excluding ortho intramolecular Hbond substituents is 2. The van der Waals surface area contributed by atoms with Gasteiger partial charge < -0.3 is 19.8 Å². The number of phenols is 2. The van der Waals surface area contributed by atoms with Gasteiger partial charge in [0.1, 0.15) is 23.9 Å². The van der Waals surface area contributed by atoms with Crippen molar-refractivity contribution in [2.45, 2.75) is 12.3 Å². The molecule has 6 aromatic rings. The topological polar surface area (TPSA) is 52.9 Å². The van der Waals surface area contributed by atoms with Crippen LogP contribution in [0.15, 0.2) is 158 Å². The summed E-state index contributed by atoms with van der Waals surface area (Å²) in [5.74, 6) is 1.18. The molecule has 43 heavy (non-hydrogen) atoms. The van der Waals surface area contributed by atoms with Gasteiger partial charge in [-0.1, -0.05) is 84.9 Å². The first-order chi connectivity index (χ1) is 21.0. The lowest BCUT2D eigenvalue weighted by atomic mass is 9.77. The number of benzene rings is 6. The van der Waals surface area contributed by atoms with Crippen molar-refractivity contribution in [1.82, 2.24) is 0 Å². The van der Waals surface area contributed by atoms with Crippen LogP contribution < -0.4 is 9.64 Å². The second-order valence-electron chi connectivity index (χ2n) is 10.8. The van der Waals surface area contributed by atoms with Gasteiger partial charge >= 0.3 is 0 Å². The van der Waals surface area contributed by atoms with Crippen molar-refractivity contribution in [3.8, 4) is 28.4 Å². The predicted octanol–water partition coefficient (Wildman–Crippen LogP) is 9.62. The zero-order valence-corrected chi connectivity index (χ0v) is 24.0. The minimum absolute atomic E-state index is 0.214. The maximum Gasteiger partial charge on any atom is 0.119 e. The fraction of sp³-hybridized carbons (Fsp3) is 0.0769. The van der Waals surface area contributed by atoms with Crippen molar-refractivity contribution in [2.75, 3.05) is 11.5 Å². The number of ether oxygens (including phenoxy) is 1. The van der Waals surface area contributed by atoms with E-state index in [2.05, 4.69) is 84.6 Å². The van der Waals surface area contributed by atoms with Crippen LogP contribution in [-0.4, -0.2) is 16.8 Å². The average molecular weight is 564 g/mol. The monoisotopic (exact) mass is 563 g/mol. The van der Waals surface area contributed by atoms with Crippen LogP contribution in [0, 0.1) is 0 Å². The number of rotatable bonds is 9. The second kappa shape index (κ2) is 12.2. The number of hydrogen-bond acceptors (Lipinski definition) is 4. The number of para-hydroxylation sites is 1. The number of anilines is 3. The first-order valence-corrected chi connectivity index (χ1v) is 14.3. The van der Waals surface area contributed by atoms with E-state index in [1.165, 1.54) is 11.1 Å². The molecule has 0 aliphatic carbocycles. The van der Waals surface area contributed by atoms with E-state index in [-0.39, 0.29) is 11.5 Å². The molecule has 0 aliphatic heterocycles. The number of aromatic hydroxyl groups is 2. The first kappa shape index (κ1) is 27.7. The maximum atomic E-state index is 9.87. The predicted molar refractivity (Wildman–Crippen MR) is 175 cm³/mol. The lowest BCUT2D eigenvalue weighted by molar-refractivity contribution is 0.253. The highest BCUT2D eigenvalue weighted by Crippen LogP contribution is 2.38. The average Bonchev–Trinajstić information content (AvgIpc) is 3.06. The van der Waals surface area contributed by atoms with Crippen molar-refractivity contribution >= 4 is 17.1 Å². The van der Waals surface area contributed by atoms with Crippen molar-refractivity contribution in [1.29, 1.82) is 0 Å². The summed E-state index contributed by atoms with van der Waals surface area (Å²) in [4.78, 5) is 2.23. The van der Waals surface area contributed by atoms with Crippen molar-refractivity contribution < 1.29 is 14.9 Å². The van der Waals surface area contributed by atoms with E-state index in [9.17, 15) is 10.2 Å². The summed E-state index contributed by atoms with van der Waals surface area (Å²) in [5, 5.41) is 19.7. The Morgan fingerprint density at radius 1 is 0.488 bits per heavy atom. The standard InChI is InChI=1S/C39H33NO3/c1-39(31-14-22-36(41)23-15-31,32-16-24-37(42)25-17-32)28-43-38-26-20-35(21-27-38)40(33-10-6-3-7-11-33)34-18-12-30(13-19-34)29-8-4-2-5-9-29/h2-27,41-42H,28H2,1H3. The Morgan fingerprint density at radius 3 is 1.42 bits per heavy atom. The van der Waals surface area contributed by atoms with Gasteiger partial charge in [-0.15, -0.1) is 0 Å². The molecule has 0 radical (unpaired) electrons. The van der Waals surface area contributed by atoms with Crippen LogP contribution in [0.5, 0.6) is 17.2 Å². The molecule has 2 N–H and O–H groups in total. The van der Waals surface area contributed by atoms with Crippen molar-refractivity contribution in [3.63, 3.8) is 0 Å².